The van der Waals surface area contributed by atoms with Crippen molar-refractivity contribution in [2.24, 2.45) is 0 Å². The lowest BCUT2D eigenvalue weighted by molar-refractivity contribution is 0.168. The number of ether oxygens (including phenoxy) is 1. The van der Waals surface area contributed by atoms with Gasteiger partial charge in [-0.2, -0.15) is 0 Å². The van der Waals surface area contributed by atoms with Gasteiger partial charge in [-0.1, -0.05) is 37.3 Å². The summed E-state index contributed by atoms with van der Waals surface area (Å²) in [6, 6.07) is 15.3. The predicted octanol–water partition coefficient (Wildman–Crippen LogP) is 3.96. The van der Waals surface area contributed by atoms with Gasteiger partial charge in [-0.3, -0.25) is 0 Å². The Bertz CT molecular complexity index is 635. The summed E-state index contributed by atoms with van der Waals surface area (Å²) in [7, 11) is 0. The lowest BCUT2D eigenvalue weighted by Gasteiger charge is -2.23. The molecule has 1 aliphatic carbocycles. The number of benzene rings is 2. The molecule has 0 fully saturated rings. The van der Waals surface area contributed by atoms with Crippen LogP contribution in [0.15, 0.2) is 42.5 Å². The monoisotopic (exact) mass is 281 g/mol. The van der Waals surface area contributed by atoms with E-state index in [0.717, 1.165) is 18.7 Å². The van der Waals surface area contributed by atoms with Crippen LogP contribution in [0.4, 0.5) is 0 Å². The summed E-state index contributed by atoms with van der Waals surface area (Å²) in [5.74, 6) is 0.971. The molecule has 0 saturated heterocycles. The van der Waals surface area contributed by atoms with Crippen LogP contribution in [-0.2, 0) is 6.42 Å². The maximum Gasteiger partial charge on any atom is 0.122 e. The number of rotatable bonds is 4. The Kier molecular flexibility index (Phi) is 3.98. The van der Waals surface area contributed by atoms with Crippen molar-refractivity contribution < 1.29 is 4.74 Å². The van der Waals surface area contributed by atoms with E-state index < -0.39 is 0 Å². The van der Waals surface area contributed by atoms with Crippen LogP contribution in [-0.4, -0.2) is 12.6 Å². The fraction of sp³-hybridized carbons (Fsp3) is 0.368. The van der Waals surface area contributed by atoms with Crippen molar-refractivity contribution in [1.29, 1.82) is 0 Å². The van der Waals surface area contributed by atoms with Crippen LogP contribution in [0.1, 0.15) is 35.2 Å². The minimum Gasteiger partial charge on any atom is -0.488 e. The lowest BCUT2D eigenvalue weighted by atomic mass is 10.1. The van der Waals surface area contributed by atoms with E-state index in [1.54, 1.807) is 0 Å². The Labute approximate surface area is 127 Å². The Morgan fingerprint density at radius 1 is 1.10 bits per heavy atom. The highest BCUT2D eigenvalue weighted by Gasteiger charge is 2.33. The normalized spacial score (nSPS) is 20.3. The number of fused-ring (bicyclic) bond motifs is 1. The average Bonchev–Trinajstić information content (AvgIpc) is 2.81. The molecule has 2 atom stereocenters. The summed E-state index contributed by atoms with van der Waals surface area (Å²) in [6.45, 7) is 7.36. The van der Waals surface area contributed by atoms with Crippen LogP contribution >= 0.6 is 0 Å². The zero-order valence-electron chi connectivity index (χ0n) is 13.0. The fourth-order valence-corrected chi connectivity index (χ4v) is 3.09. The van der Waals surface area contributed by atoms with E-state index in [1.165, 1.54) is 22.3 Å². The predicted molar refractivity (Wildman–Crippen MR) is 86.9 cm³/mol. The maximum atomic E-state index is 6.30. The average molecular weight is 281 g/mol. The van der Waals surface area contributed by atoms with Crippen LogP contribution in [0, 0.1) is 13.8 Å². The van der Waals surface area contributed by atoms with E-state index in [9.17, 15) is 0 Å². The standard InChI is InChI=1S/C19H23NO/c1-4-20-19-17-8-6-5-7-15(17)12-18(19)21-16-10-9-13(2)14(3)11-16/h5-11,18-20H,4,12H2,1-3H3. The molecule has 0 heterocycles. The van der Waals surface area contributed by atoms with Crippen LogP contribution in [0.5, 0.6) is 5.75 Å². The van der Waals surface area contributed by atoms with Gasteiger partial charge in [-0.25, -0.2) is 0 Å². The van der Waals surface area contributed by atoms with Gasteiger partial charge in [0.05, 0.1) is 6.04 Å². The summed E-state index contributed by atoms with van der Waals surface area (Å²) in [4.78, 5) is 0. The van der Waals surface area contributed by atoms with Gasteiger partial charge in [0.2, 0.25) is 0 Å². The summed E-state index contributed by atoms with van der Waals surface area (Å²) >= 11 is 0. The molecule has 0 amide bonds. The first-order valence-corrected chi connectivity index (χ1v) is 7.74. The molecule has 3 rings (SSSR count). The zero-order chi connectivity index (χ0) is 14.8. The molecule has 0 aliphatic heterocycles. The number of aryl methyl sites for hydroxylation is 2. The molecule has 0 spiro atoms. The third kappa shape index (κ3) is 2.81. The van der Waals surface area contributed by atoms with Crippen LogP contribution in [0.25, 0.3) is 0 Å². The Morgan fingerprint density at radius 2 is 1.90 bits per heavy atom. The molecule has 2 aromatic rings. The van der Waals surface area contributed by atoms with Gasteiger partial charge in [0.1, 0.15) is 11.9 Å². The van der Waals surface area contributed by atoms with Gasteiger partial charge in [0, 0.05) is 6.42 Å². The van der Waals surface area contributed by atoms with Gasteiger partial charge in [0.25, 0.3) is 0 Å². The van der Waals surface area contributed by atoms with E-state index >= 15 is 0 Å². The summed E-state index contributed by atoms with van der Waals surface area (Å²) in [5.41, 5.74) is 5.37. The van der Waals surface area contributed by atoms with Crippen molar-refractivity contribution >= 4 is 0 Å². The molecule has 2 heteroatoms. The first-order valence-electron chi connectivity index (χ1n) is 7.74. The zero-order valence-corrected chi connectivity index (χ0v) is 13.0. The van der Waals surface area contributed by atoms with Gasteiger partial charge < -0.3 is 10.1 Å². The Morgan fingerprint density at radius 3 is 2.67 bits per heavy atom. The second-order valence-electron chi connectivity index (χ2n) is 5.84. The summed E-state index contributed by atoms with van der Waals surface area (Å²) in [6.07, 6.45) is 1.14. The molecule has 2 nitrogen and oxygen atoms in total. The van der Waals surface area contributed by atoms with E-state index in [0.29, 0.717) is 0 Å². The number of hydrogen-bond donors (Lipinski definition) is 1. The molecule has 0 radical (unpaired) electrons. The van der Waals surface area contributed by atoms with E-state index in [1.807, 2.05) is 0 Å². The molecule has 0 bridgehead atoms. The van der Waals surface area contributed by atoms with Crippen molar-refractivity contribution in [2.75, 3.05) is 6.54 Å². The molecular formula is C19H23NO. The maximum absolute atomic E-state index is 6.30. The van der Waals surface area contributed by atoms with E-state index in [-0.39, 0.29) is 12.1 Å². The Balaban J connectivity index is 1.83. The topological polar surface area (TPSA) is 21.3 Å². The molecule has 2 aromatic carbocycles. The van der Waals surface area contributed by atoms with Crippen molar-refractivity contribution in [3.8, 4) is 5.75 Å². The van der Waals surface area contributed by atoms with Gasteiger partial charge >= 0.3 is 0 Å². The highest BCUT2D eigenvalue weighted by Crippen LogP contribution is 2.34. The van der Waals surface area contributed by atoms with Gasteiger partial charge in [-0.05, 0) is 54.8 Å². The van der Waals surface area contributed by atoms with Crippen LogP contribution in [0.2, 0.25) is 0 Å². The quantitative estimate of drug-likeness (QED) is 0.916. The molecule has 0 saturated carbocycles. The molecule has 2 unspecified atom stereocenters. The third-order valence-electron chi connectivity index (χ3n) is 4.37. The summed E-state index contributed by atoms with van der Waals surface area (Å²) < 4.78 is 6.30. The first kappa shape index (κ1) is 14.2. The highest BCUT2D eigenvalue weighted by atomic mass is 16.5. The van der Waals surface area contributed by atoms with Crippen molar-refractivity contribution in [3.05, 3.63) is 64.7 Å². The minimum atomic E-state index is 0.171. The highest BCUT2D eigenvalue weighted by molar-refractivity contribution is 5.38. The number of hydrogen-bond acceptors (Lipinski definition) is 2. The Hall–Kier alpha value is -1.80. The molecule has 110 valence electrons. The second-order valence-corrected chi connectivity index (χ2v) is 5.84. The fourth-order valence-electron chi connectivity index (χ4n) is 3.09. The minimum absolute atomic E-state index is 0.171. The van der Waals surface area contributed by atoms with Gasteiger partial charge in [-0.15, -0.1) is 0 Å². The largest absolute Gasteiger partial charge is 0.488 e. The summed E-state index contributed by atoms with van der Waals surface area (Å²) in [5, 5.41) is 3.57. The molecule has 0 aromatic heterocycles. The molecular weight excluding hydrogens is 258 g/mol. The van der Waals surface area contributed by atoms with Crippen molar-refractivity contribution in [3.63, 3.8) is 0 Å². The van der Waals surface area contributed by atoms with Crippen LogP contribution in [0.3, 0.4) is 0 Å². The lowest BCUT2D eigenvalue weighted by Crippen LogP contribution is -2.32. The molecule has 1 aliphatic rings. The molecule has 1 N–H and O–H groups in total. The number of likely N-dealkylation sites (N-methyl/N-ethyl adjacent to an activating group) is 1. The van der Waals surface area contributed by atoms with Crippen LogP contribution < -0.4 is 10.1 Å². The SMILES string of the molecule is CCNC1c2ccccc2CC1Oc1ccc(C)c(C)c1. The smallest absolute Gasteiger partial charge is 0.122 e. The molecule has 21 heavy (non-hydrogen) atoms. The number of nitrogens with one attached hydrogen (secondary N) is 1. The van der Waals surface area contributed by atoms with E-state index in [2.05, 4.69) is 68.6 Å². The van der Waals surface area contributed by atoms with Crippen molar-refractivity contribution in [1.82, 2.24) is 5.32 Å². The third-order valence-corrected chi connectivity index (χ3v) is 4.37. The van der Waals surface area contributed by atoms with Crippen molar-refractivity contribution in [2.45, 2.75) is 39.3 Å². The van der Waals surface area contributed by atoms with E-state index in [4.69, 9.17) is 4.74 Å². The first-order chi connectivity index (χ1) is 10.2. The van der Waals surface area contributed by atoms with Gasteiger partial charge in [0.15, 0.2) is 0 Å². The second kappa shape index (κ2) is 5.90.